The average Bonchev–Trinajstić information content (AvgIpc) is 2.54. The van der Waals surface area contributed by atoms with Crippen molar-refractivity contribution in [3.8, 4) is 11.5 Å². The summed E-state index contributed by atoms with van der Waals surface area (Å²) in [5.74, 6) is 0.818. The van der Waals surface area contributed by atoms with E-state index in [-0.39, 0.29) is 11.0 Å². The van der Waals surface area contributed by atoms with Gasteiger partial charge in [0.1, 0.15) is 0 Å². The summed E-state index contributed by atoms with van der Waals surface area (Å²) in [6.45, 7) is 0. The molecule has 0 aliphatic rings. The van der Waals surface area contributed by atoms with Crippen molar-refractivity contribution in [1.82, 2.24) is 5.32 Å². The average molecular weight is 351 g/mol. The highest BCUT2D eigenvalue weighted by molar-refractivity contribution is 7.80. The molecule has 0 radical (unpaired) electrons. The van der Waals surface area contributed by atoms with E-state index in [2.05, 4.69) is 10.6 Å². The molecule has 0 spiro atoms. The summed E-state index contributed by atoms with van der Waals surface area (Å²) < 4.78 is 10.4. The first-order valence-electron chi connectivity index (χ1n) is 6.63. The fourth-order valence-electron chi connectivity index (χ4n) is 1.88. The van der Waals surface area contributed by atoms with Crippen molar-refractivity contribution >= 4 is 40.5 Å². The van der Waals surface area contributed by atoms with Gasteiger partial charge in [-0.1, -0.05) is 17.7 Å². The zero-order valence-electron chi connectivity index (χ0n) is 12.6. The van der Waals surface area contributed by atoms with Gasteiger partial charge in [-0.3, -0.25) is 10.1 Å². The second-order valence-electron chi connectivity index (χ2n) is 4.49. The molecule has 0 unspecified atom stereocenters. The molecule has 0 aromatic heterocycles. The molecule has 2 aromatic carbocycles. The number of benzene rings is 2. The van der Waals surface area contributed by atoms with E-state index in [4.69, 9.17) is 33.3 Å². The van der Waals surface area contributed by atoms with Crippen LogP contribution in [-0.4, -0.2) is 25.2 Å². The zero-order valence-corrected chi connectivity index (χ0v) is 14.1. The number of ether oxygens (including phenoxy) is 2. The quantitative estimate of drug-likeness (QED) is 0.827. The molecule has 0 heterocycles. The number of anilines is 1. The van der Waals surface area contributed by atoms with Crippen LogP contribution in [0.3, 0.4) is 0 Å². The number of nitrogens with one attached hydrogen (secondary N) is 2. The van der Waals surface area contributed by atoms with E-state index in [1.807, 2.05) is 0 Å². The minimum atomic E-state index is -0.342. The molecule has 0 aliphatic carbocycles. The van der Waals surface area contributed by atoms with Gasteiger partial charge in [-0.05, 0) is 42.5 Å². The molecule has 120 valence electrons. The van der Waals surface area contributed by atoms with E-state index < -0.39 is 0 Å². The fraction of sp³-hybridized carbons (Fsp3) is 0.125. The Labute approximate surface area is 144 Å². The number of amides is 1. The minimum Gasteiger partial charge on any atom is -0.493 e. The number of hydrogen-bond acceptors (Lipinski definition) is 4. The van der Waals surface area contributed by atoms with Crippen LogP contribution in [0.15, 0.2) is 42.5 Å². The van der Waals surface area contributed by atoms with Gasteiger partial charge in [0.15, 0.2) is 16.6 Å². The van der Waals surface area contributed by atoms with Crippen LogP contribution in [0, 0.1) is 0 Å². The lowest BCUT2D eigenvalue weighted by Crippen LogP contribution is -2.34. The lowest BCUT2D eigenvalue weighted by Gasteiger charge is -2.12. The summed E-state index contributed by atoms with van der Waals surface area (Å²) in [4.78, 5) is 12.1. The molecule has 0 saturated heterocycles. The van der Waals surface area contributed by atoms with Gasteiger partial charge in [0, 0.05) is 22.3 Å². The maximum atomic E-state index is 12.1. The highest BCUT2D eigenvalue weighted by atomic mass is 35.5. The maximum absolute atomic E-state index is 12.1. The molecule has 0 bridgehead atoms. The summed E-state index contributed by atoms with van der Waals surface area (Å²) >= 11 is 11.0. The summed E-state index contributed by atoms with van der Waals surface area (Å²) in [6, 6.07) is 11.8. The van der Waals surface area contributed by atoms with E-state index in [0.29, 0.717) is 27.8 Å². The molecule has 7 heteroatoms. The molecular weight excluding hydrogens is 336 g/mol. The standard InChI is InChI=1S/C16H15ClN2O3S/c1-21-13-7-6-12(9-14(13)22-2)18-16(23)19-15(20)10-4-3-5-11(17)8-10/h3-9H,1-2H3,(H2,18,19,20,23). The number of thiocarbonyl (C=S) groups is 1. The Hall–Kier alpha value is -2.31. The maximum Gasteiger partial charge on any atom is 0.257 e. The van der Waals surface area contributed by atoms with Gasteiger partial charge >= 0.3 is 0 Å². The largest absolute Gasteiger partial charge is 0.493 e. The highest BCUT2D eigenvalue weighted by Gasteiger charge is 2.10. The van der Waals surface area contributed by atoms with E-state index in [1.54, 1.807) is 56.7 Å². The molecule has 23 heavy (non-hydrogen) atoms. The highest BCUT2D eigenvalue weighted by Crippen LogP contribution is 2.29. The number of hydrogen-bond donors (Lipinski definition) is 2. The number of halogens is 1. The van der Waals surface area contributed by atoms with Crippen LogP contribution >= 0.6 is 23.8 Å². The second kappa shape index (κ2) is 7.80. The lowest BCUT2D eigenvalue weighted by atomic mass is 10.2. The molecular formula is C16H15ClN2O3S. The van der Waals surface area contributed by atoms with Crippen LogP contribution in [0.1, 0.15) is 10.4 Å². The molecule has 1 amide bonds. The molecule has 0 atom stereocenters. The van der Waals surface area contributed by atoms with Gasteiger partial charge < -0.3 is 14.8 Å². The number of carbonyl (C=O) groups excluding carboxylic acids is 1. The summed E-state index contributed by atoms with van der Waals surface area (Å²) in [6.07, 6.45) is 0. The van der Waals surface area contributed by atoms with E-state index in [9.17, 15) is 4.79 Å². The zero-order chi connectivity index (χ0) is 16.8. The lowest BCUT2D eigenvalue weighted by molar-refractivity contribution is 0.0977. The summed E-state index contributed by atoms with van der Waals surface area (Å²) in [7, 11) is 3.10. The first kappa shape index (κ1) is 17.1. The Bertz CT molecular complexity index is 737. The molecule has 2 aromatic rings. The predicted octanol–water partition coefficient (Wildman–Crippen LogP) is 3.48. The van der Waals surface area contributed by atoms with Crippen molar-refractivity contribution < 1.29 is 14.3 Å². The van der Waals surface area contributed by atoms with Crippen LogP contribution in [0.5, 0.6) is 11.5 Å². The normalized spacial score (nSPS) is 9.87. The topological polar surface area (TPSA) is 59.6 Å². The van der Waals surface area contributed by atoms with Gasteiger partial charge in [0.05, 0.1) is 14.2 Å². The summed E-state index contributed by atoms with van der Waals surface area (Å²) in [5.41, 5.74) is 1.09. The van der Waals surface area contributed by atoms with Crippen LogP contribution < -0.4 is 20.1 Å². The van der Waals surface area contributed by atoms with Crippen LogP contribution in [0.4, 0.5) is 5.69 Å². The van der Waals surface area contributed by atoms with Gasteiger partial charge in [-0.2, -0.15) is 0 Å². The number of methoxy groups -OCH3 is 2. The monoisotopic (exact) mass is 350 g/mol. The van der Waals surface area contributed by atoms with E-state index in [0.717, 1.165) is 0 Å². The van der Waals surface area contributed by atoms with Crippen molar-refractivity contribution in [3.63, 3.8) is 0 Å². The van der Waals surface area contributed by atoms with E-state index >= 15 is 0 Å². The van der Waals surface area contributed by atoms with Crippen LogP contribution in [-0.2, 0) is 0 Å². The van der Waals surface area contributed by atoms with Gasteiger partial charge in [0.25, 0.3) is 5.91 Å². The number of rotatable bonds is 4. The Morgan fingerprint density at radius 1 is 1.09 bits per heavy atom. The third-order valence-corrected chi connectivity index (χ3v) is 3.39. The van der Waals surface area contributed by atoms with Crippen molar-refractivity contribution in [2.75, 3.05) is 19.5 Å². The molecule has 5 nitrogen and oxygen atoms in total. The number of carbonyl (C=O) groups is 1. The Balaban J connectivity index is 2.03. The first-order chi connectivity index (χ1) is 11.0. The summed E-state index contributed by atoms with van der Waals surface area (Å²) in [5, 5.41) is 6.15. The van der Waals surface area contributed by atoms with Crippen LogP contribution in [0.2, 0.25) is 5.02 Å². The van der Waals surface area contributed by atoms with Gasteiger partial charge in [0.2, 0.25) is 0 Å². The van der Waals surface area contributed by atoms with Crippen LogP contribution in [0.25, 0.3) is 0 Å². The van der Waals surface area contributed by atoms with Gasteiger partial charge in [-0.25, -0.2) is 0 Å². The van der Waals surface area contributed by atoms with Crippen molar-refractivity contribution in [3.05, 3.63) is 53.1 Å². The molecule has 0 aliphatic heterocycles. The Kier molecular flexibility index (Phi) is 5.78. The van der Waals surface area contributed by atoms with Crippen molar-refractivity contribution in [2.24, 2.45) is 0 Å². The molecule has 2 N–H and O–H groups in total. The molecule has 0 saturated carbocycles. The third-order valence-electron chi connectivity index (χ3n) is 2.96. The van der Waals surface area contributed by atoms with E-state index in [1.165, 1.54) is 0 Å². The van der Waals surface area contributed by atoms with Crippen molar-refractivity contribution in [1.29, 1.82) is 0 Å². The minimum absolute atomic E-state index is 0.169. The SMILES string of the molecule is COc1ccc(NC(=S)NC(=O)c2cccc(Cl)c2)cc1OC. The second-order valence-corrected chi connectivity index (χ2v) is 5.33. The smallest absolute Gasteiger partial charge is 0.257 e. The Morgan fingerprint density at radius 2 is 1.83 bits per heavy atom. The first-order valence-corrected chi connectivity index (χ1v) is 7.42. The Morgan fingerprint density at radius 3 is 2.48 bits per heavy atom. The molecule has 0 fully saturated rings. The van der Waals surface area contributed by atoms with Gasteiger partial charge in [-0.15, -0.1) is 0 Å². The molecule has 2 rings (SSSR count). The third kappa shape index (κ3) is 4.58. The predicted molar refractivity (Wildman–Crippen MR) is 94.7 cm³/mol. The fourth-order valence-corrected chi connectivity index (χ4v) is 2.28. The van der Waals surface area contributed by atoms with Crippen molar-refractivity contribution in [2.45, 2.75) is 0 Å².